The number of halogens is 2. The highest BCUT2D eigenvalue weighted by molar-refractivity contribution is 7.78. The van der Waals surface area contributed by atoms with Crippen LogP contribution in [0.1, 0.15) is 63.9 Å². The molecule has 2 aromatic carbocycles. The van der Waals surface area contributed by atoms with Gasteiger partial charge in [0.2, 0.25) is 0 Å². The number of hydrogen-bond acceptors (Lipinski definition) is 2. The summed E-state index contributed by atoms with van der Waals surface area (Å²) in [6, 6.07) is 11.0. The fourth-order valence-corrected chi connectivity index (χ4v) is 4.44. The Kier molecular flexibility index (Phi) is 8.64. The Morgan fingerprint density at radius 2 is 1.80 bits per heavy atom. The van der Waals surface area contributed by atoms with Crippen LogP contribution in [0.25, 0.3) is 11.1 Å². The van der Waals surface area contributed by atoms with Gasteiger partial charge in [0, 0.05) is 11.5 Å². The Hall–Kier alpha value is -1.98. The summed E-state index contributed by atoms with van der Waals surface area (Å²) in [5.74, 6) is 7.69. The highest BCUT2D eigenvalue weighted by atomic mass is 35.5. The molecule has 0 spiro atoms. The first kappa shape index (κ1) is 22.7. The van der Waals surface area contributed by atoms with Gasteiger partial charge in [-0.2, -0.15) is 4.99 Å². The second-order valence-electron chi connectivity index (χ2n) is 8.05. The van der Waals surface area contributed by atoms with Crippen LogP contribution in [0.2, 0.25) is 5.02 Å². The van der Waals surface area contributed by atoms with E-state index in [2.05, 4.69) is 41.1 Å². The molecule has 0 unspecified atom stereocenters. The largest absolute Gasteiger partial charge is 0.205 e. The summed E-state index contributed by atoms with van der Waals surface area (Å²) in [4.78, 5) is 3.69. The first-order valence-electron chi connectivity index (χ1n) is 10.8. The molecule has 0 aromatic heterocycles. The molecule has 1 nitrogen and oxygen atoms in total. The highest BCUT2D eigenvalue weighted by Gasteiger charge is 2.19. The van der Waals surface area contributed by atoms with Crippen LogP contribution in [0.3, 0.4) is 0 Å². The Labute approximate surface area is 189 Å². The molecule has 0 atom stereocenters. The second kappa shape index (κ2) is 11.4. The summed E-state index contributed by atoms with van der Waals surface area (Å²) in [6.07, 6.45) is 10.5. The molecule has 1 saturated carbocycles. The van der Waals surface area contributed by atoms with E-state index in [1.807, 2.05) is 24.3 Å². The van der Waals surface area contributed by atoms with E-state index in [0.29, 0.717) is 11.5 Å². The number of aliphatic imine (C=N–C) groups is 1. The standard InChI is InChI=1S/C26H27ClFNS/c1-2-3-4-5-19-6-8-20(9-7-19)10-11-21-12-14-22(15-13-21)23-16-24(27)26(29-18-30)25(28)17-23/h12-17,19-20H,2-9H2,1H3. The fraction of sp³-hybridized carbons (Fsp3) is 0.423. The van der Waals surface area contributed by atoms with E-state index in [-0.39, 0.29) is 10.7 Å². The molecular weight excluding hydrogens is 413 g/mol. The van der Waals surface area contributed by atoms with Crippen LogP contribution >= 0.6 is 23.8 Å². The lowest BCUT2D eigenvalue weighted by atomic mass is 9.80. The molecule has 1 fully saturated rings. The molecule has 0 aliphatic heterocycles. The molecule has 1 aliphatic carbocycles. The molecule has 0 saturated heterocycles. The second-order valence-corrected chi connectivity index (χ2v) is 8.64. The van der Waals surface area contributed by atoms with Crippen molar-refractivity contribution in [3.05, 3.63) is 52.8 Å². The van der Waals surface area contributed by atoms with Crippen molar-refractivity contribution in [1.29, 1.82) is 0 Å². The van der Waals surface area contributed by atoms with Gasteiger partial charge in [0.1, 0.15) is 5.69 Å². The molecule has 30 heavy (non-hydrogen) atoms. The lowest BCUT2D eigenvalue weighted by molar-refractivity contribution is 0.294. The van der Waals surface area contributed by atoms with E-state index in [9.17, 15) is 4.39 Å². The third kappa shape index (κ3) is 6.26. The summed E-state index contributed by atoms with van der Waals surface area (Å²) in [7, 11) is 0. The smallest absolute Gasteiger partial charge is 0.151 e. The lowest BCUT2D eigenvalue weighted by Gasteiger charge is -2.25. The van der Waals surface area contributed by atoms with E-state index in [1.54, 1.807) is 6.07 Å². The van der Waals surface area contributed by atoms with Crippen molar-refractivity contribution in [2.45, 2.75) is 58.3 Å². The number of isothiocyanates is 1. The summed E-state index contributed by atoms with van der Waals surface area (Å²) >= 11 is 10.7. The van der Waals surface area contributed by atoms with Crippen molar-refractivity contribution < 1.29 is 4.39 Å². The normalized spacial score (nSPS) is 18.2. The van der Waals surface area contributed by atoms with E-state index < -0.39 is 5.82 Å². The topological polar surface area (TPSA) is 12.4 Å². The number of rotatable bonds is 6. The average molecular weight is 440 g/mol. The maximum atomic E-state index is 14.2. The molecule has 0 heterocycles. The van der Waals surface area contributed by atoms with Gasteiger partial charge in [0.25, 0.3) is 0 Å². The van der Waals surface area contributed by atoms with Crippen LogP contribution in [-0.2, 0) is 0 Å². The van der Waals surface area contributed by atoms with Gasteiger partial charge in [-0.1, -0.05) is 68.2 Å². The third-order valence-electron chi connectivity index (χ3n) is 5.88. The van der Waals surface area contributed by atoms with Crippen LogP contribution < -0.4 is 0 Å². The minimum atomic E-state index is -0.510. The highest BCUT2D eigenvalue weighted by Crippen LogP contribution is 2.34. The molecule has 4 heteroatoms. The molecule has 3 rings (SSSR count). The number of benzene rings is 2. The van der Waals surface area contributed by atoms with Crippen molar-refractivity contribution in [2.75, 3.05) is 0 Å². The molecule has 1 aliphatic rings. The first-order chi connectivity index (χ1) is 14.6. The Morgan fingerprint density at radius 1 is 1.07 bits per heavy atom. The average Bonchev–Trinajstić information content (AvgIpc) is 2.76. The molecule has 0 bridgehead atoms. The van der Waals surface area contributed by atoms with Gasteiger partial charge in [0.15, 0.2) is 5.82 Å². The first-order valence-corrected chi connectivity index (χ1v) is 11.6. The molecule has 156 valence electrons. The summed E-state index contributed by atoms with van der Waals surface area (Å²) in [5, 5.41) is 2.37. The monoisotopic (exact) mass is 439 g/mol. The van der Waals surface area contributed by atoms with Gasteiger partial charge >= 0.3 is 0 Å². The molecular formula is C26H27ClFNS. The van der Waals surface area contributed by atoms with Gasteiger partial charge in [-0.15, -0.1) is 0 Å². The van der Waals surface area contributed by atoms with Crippen LogP contribution in [0.15, 0.2) is 41.4 Å². The van der Waals surface area contributed by atoms with E-state index in [0.717, 1.165) is 17.0 Å². The molecule has 0 radical (unpaired) electrons. The number of unbranched alkanes of at least 4 members (excludes halogenated alkanes) is 2. The minimum absolute atomic E-state index is 0.0259. The van der Waals surface area contributed by atoms with Gasteiger partial charge in [-0.05, 0) is 79.2 Å². The predicted molar refractivity (Wildman–Crippen MR) is 128 cm³/mol. The zero-order chi connectivity index (χ0) is 21.3. The van der Waals surface area contributed by atoms with Crippen molar-refractivity contribution in [3.63, 3.8) is 0 Å². The predicted octanol–water partition coefficient (Wildman–Crippen LogP) is 8.62. The van der Waals surface area contributed by atoms with E-state index in [1.165, 1.54) is 57.4 Å². The maximum absolute atomic E-state index is 14.2. The van der Waals surface area contributed by atoms with Crippen LogP contribution in [-0.4, -0.2) is 5.16 Å². The fourth-order valence-electron chi connectivity index (χ4n) is 4.09. The zero-order valence-electron chi connectivity index (χ0n) is 17.4. The maximum Gasteiger partial charge on any atom is 0.151 e. The van der Waals surface area contributed by atoms with Crippen molar-refractivity contribution in [3.8, 4) is 23.0 Å². The van der Waals surface area contributed by atoms with E-state index in [4.69, 9.17) is 11.6 Å². The summed E-state index contributed by atoms with van der Waals surface area (Å²) in [6.45, 7) is 2.26. The van der Waals surface area contributed by atoms with Crippen molar-refractivity contribution >= 4 is 34.7 Å². The minimum Gasteiger partial charge on any atom is -0.205 e. The van der Waals surface area contributed by atoms with Crippen LogP contribution in [0, 0.1) is 29.5 Å². The SMILES string of the molecule is CCCCCC1CCC(C#Cc2ccc(-c3cc(F)c(N=C=S)c(Cl)c3)cc2)CC1. The quantitative estimate of drug-likeness (QED) is 0.190. The van der Waals surface area contributed by atoms with E-state index >= 15 is 0 Å². The zero-order valence-corrected chi connectivity index (χ0v) is 19.0. The van der Waals surface area contributed by atoms with Gasteiger partial charge in [-0.25, -0.2) is 4.39 Å². The Bertz CT molecular complexity index is 936. The number of nitrogens with zero attached hydrogens (tertiary/aromatic N) is 1. The van der Waals surface area contributed by atoms with Gasteiger partial charge < -0.3 is 0 Å². The lowest BCUT2D eigenvalue weighted by Crippen LogP contribution is -2.13. The van der Waals surface area contributed by atoms with Crippen LogP contribution in [0.4, 0.5) is 10.1 Å². The summed E-state index contributed by atoms with van der Waals surface area (Å²) < 4.78 is 14.2. The van der Waals surface area contributed by atoms with Gasteiger partial charge in [-0.3, -0.25) is 0 Å². The Balaban J connectivity index is 1.61. The van der Waals surface area contributed by atoms with Gasteiger partial charge in [0.05, 0.1) is 10.2 Å². The number of thiocarbonyl (C=S) groups is 1. The number of hydrogen-bond donors (Lipinski definition) is 0. The molecule has 2 aromatic rings. The Morgan fingerprint density at radius 3 is 2.43 bits per heavy atom. The molecule has 0 amide bonds. The molecule has 0 N–H and O–H groups in total. The van der Waals surface area contributed by atoms with Crippen LogP contribution in [0.5, 0.6) is 0 Å². The van der Waals surface area contributed by atoms with Crippen molar-refractivity contribution in [1.82, 2.24) is 0 Å². The summed E-state index contributed by atoms with van der Waals surface area (Å²) in [5.41, 5.74) is 2.59. The third-order valence-corrected chi connectivity index (χ3v) is 6.26. The van der Waals surface area contributed by atoms with Crippen molar-refractivity contribution in [2.24, 2.45) is 16.8 Å².